The highest BCUT2D eigenvalue weighted by Gasteiger charge is 2.20. The van der Waals surface area contributed by atoms with Crippen LogP contribution in [0.5, 0.6) is 5.75 Å². The van der Waals surface area contributed by atoms with E-state index in [1.807, 2.05) is 0 Å². The summed E-state index contributed by atoms with van der Waals surface area (Å²) in [6.45, 7) is 0. The molecule has 0 radical (unpaired) electrons. The maximum atomic E-state index is 11.4. The molecule has 2 aromatic carbocycles. The SMILES string of the molecule is COc1ccccc1Nc1ccc([N+](=O)[O-])cc1S(=O)(=O)O. The Labute approximate surface area is 126 Å². The van der Waals surface area contributed by atoms with Crippen LogP contribution in [0.25, 0.3) is 0 Å². The second kappa shape index (κ2) is 6.00. The molecule has 0 atom stereocenters. The molecular formula is C13H12N2O6S. The van der Waals surface area contributed by atoms with Crippen molar-refractivity contribution < 1.29 is 22.6 Å². The molecule has 0 amide bonds. The first kappa shape index (κ1) is 15.7. The first-order valence-electron chi connectivity index (χ1n) is 5.99. The molecule has 0 fully saturated rings. The zero-order valence-electron chi connectivity index (χ0n) is 11.4. The van der Waals surface area contributed by atoms with Gasteiger partial charge in [-0.25, -0.2) is 0 Å². The summed E-state index contributed by atoms with van der Waals surface area (Å²) in [7, 11) is -3.19. The number of methoxy groups -OCH3 is 1. The normalized spacial score (nSPS) is 11.0. The van der Waals surface area contributed by atoms with Crippen molar-refractivity contribution in [2.45, 2.75) is 4.90 Å². The van der Waals surface area contributed by atoms with Gasteiger partial charge in [-0.15, -0.1) is 0 Å². The van der Waals surface area contributed by atoms with Crippen molar-refractivity contribution >= 4 is 27.2 Å². The first-order chi connectivity index (χ1) is 10.3. The topological polar surface area (TPSA) is 119 Å². The molecule has 0 spiro atoms. The summed E-state index contributed by atoms with van der Waals surface area (Å²) in [6, 6.07) is 9.83. The molecule has 22 heavy (non-hydrogen) atoms. The van der Waals surface area contributed by atoms with Crippen LogP contribution in [-0.4, -0.2) is 25.0 Å². The van der Waals surface area contributed by atoms with E-state index in [0.29, 0.717) is 11.4 Å². The van der Waals surface area contributed by atoms with E-state index in [-0.39, 0.29) is 5.69 Å². The lowest BCUT2D eigenvalue weighted by molar-refractivity contribution is -0.385. The number of para-hydroxylation sites is 2. The fourth-order valence-corrected chi connectivity index (χ4v) is 2.50. The third-order valence-electron chi connectivity index (χ3n) is 2.83. The van der Waals surface area contributed by atoms with Crippen LogP contribution in [0, 0.1) is 10.1 Å². The molecule has 2 aromatic rings. The number of anilines is 2. The molecule has 116 valence electrons. The number of nitro groups is 1. The second-order valence-electron chi connectivity index (χ2n) is 4.24. The van der Waals surface area contributed by atoms with Crippen LogP contribution < -0.4 is 10.1 Å². The van der Waals surface area contributed by atoms with Crippen LogP contribution in [0.1, 0.15) is 0 Å². The van der Waals surface area contributed by atoms with Crippen LogP contribution in [-0.2, 0) is 10.1 Å². The molecule has 0 unspecified atom stereocenters. The number of non-ortho nitro benzene ring substituents is 1. The summed E-state index contributed by atoms with van der Waals surface area (Å²) in [4.78, 5) is 9.40. The van der Waals surface area contributed by atoms with Crippen LogP contribution in [0.2, 0.25) is 0 Å². The van der Waals surface area contributed by atoms with Gasteiger partial charge in [0, 0.05) is 12.1 Å². The van der Waals surface area contributed by atoms with E-state index in [9.17, 15) is 23.1 Å². The molecule has 0 aliphatic rings. The molecule has 0 aliphatic heterocycles. The average molecular weight is 324 g/mol. The summed E-state index contributed by atoms with van der Waals surface area (Å²) in [6.07, 6.45) is 0. The van der Waals surface area contributed by atoms with E-state index in [1.165, 1.54) is 13.2 Å². The highest BCUT2D eigenvalue weighted by molar-refractivity contribution is 7.86. The van der Waals surface area contributed by atoms with E-state index in [0.717, 1.165) is 12.1 Å². The standard InChI is InChI=1S/C13H12N2O6S/c1-21-12-5-3-2-4-10(12)14-11-7-6-9(15(16)17)8-13(11)22(18,19)20/h2-8,14H,1H3,(H,18,19,20). The Bertz CT molecular complexity index is 819. The minimum Gasteiger partial charge on any atom is -0.495 e. The van der Waals surface area contributed by atoms with E-state index < -0.39 is 25.6 Å². The third-order valence-corrected chi connectivity index (χ3v) is 3.72. The van der Waals surface area contributed by atoms with Crippen LogP contribution in [0.4, 0.5) is 17.1 Å². The number of ether oxygens (including phenoxy) is 1. The van der Waals surface area contributed by atoms with Gasteiger partial charge >= 0.3 is 0 Å². The van der Waals surface area contributed by atoms with Gasteiger partial charge in [-0.05, 0) is 18.2 Å². The van der Waals surface area contributed by atoms with Gasteiger partial charge in [0.25, 0.3) is 15.8 Å². The number of benzene rings is 2. The van der Waals surface area contributed by atoms with Crippen molar-refractivity contribution in [3.63, 3.8) is 0 Å². The Morgan fingerprint density at radius 2 is 1.86 bits per heavy atom. The lowest BCUT2D eigenvalue weighted by Crippen LogP contribution is -2.05. The molecule has 9 heteroatoms. The van der Waals surface area contributed by atoms with Gasteiger partial charge in [-0.2, -0.15) is 8.42 Å². The fourth-order valence-electron chi connectivity index (χ4n) is 1.83. The van der Waals surface area contributed by atoms with Crippen LogP contribution in [0.15, 0.2) is 47.4 Å². The van der Waals surface area contributed by atoms with Gasteiger partial charge in [0.2, 0.25) is 0 Å². The summed E-state index contributed by atoms with van der Waals surface area (Å²) < 4.78 is 37.3. The van der Waals surface area contributed by atoms with Crippen molar-refractivity contribution in [3.05, 3.63) is 52.6 Å². The lowest BCUT2D eigenvalue weighted by atomic mass is 10.2. The maximum Gasteiger partial charge on any atom is 0.296 e. The van der Waals surface area contributed by atoms with E-state index in [2.05, 4.69) is 5.32 Å². The molecule has 0 bridgehead atoms. The van der Waals surface area contributed by atoms with Gasteiger partial charge < -0.3 is 10.1 Å². The van der Waals surface area contributed by atoms with Crippen LogP contribution >= 0.6 is 0 Å². The maximum absolute atomic E-state index is 11.4. The highest BCUT2D eigenvalue weighted by atomic mass is 32.2. The Hall–Kier alpha value is -2.65. The molecule has 2 rings (SSSR count). The van der Waals surface area contributed by atoms with Gasteiger partial charge in [-0.3, -0.25) is 14.7 Å². The molecule has 0 aromatic heterocycles. The lowest BCUT2D eigenvalue weighted by Gasteiger charge is -2.13. The highest BCUT2D eigenvalue weighted by Crippen LogP contribution is 2.32. The smallest absolute Gasteiger partial charge is 0.296 e. The molecule has 0 saturated carbocycles. The summed E-state index contributed by atoms with van der Waals surface area (Å²) in [5.74, 6) is 0.446. The molecule has 0 aliphatic carbocycles. The largest absolute Gasteiger partial charge is 0.495 e. The van der Waals surface area contributed by atoms with E-state index >= 15 is 0 Å². The monoisotopic (exact) mass is 324 g/mol. The third kappa shape index (κ3) is 3.32. The van der Waals surface area contributed by atoms with Gasteiger partial charge in [0.05, 0.1) is 23.4 Å². The van der Waals surface area contributed by atoms with E-state index in [4.69, 9.17) is 4.74 Å². The Morgan fingerprint density at radius 3 is 2.45 bits per heavy atom. The average Bonchev–Trinajstić information content (AvgIpc) is 2.47. The number of nitrogens with one attached hydrogen (secondary N) is 1. The number of nitrogens with zero attached hydrogens (tertiary/aromatic N) is 1. The molecule has 8 nitrogen and oxygen atoms in total. The van der Waals surface area contributed by atoms with Crippen molar-refractivity contribution in [2.24, 2.45) is 0 Å². The molecular weight excluding hydrogens is 312 g/mol. The molecule has 0 saturated heterocycles. The number of nitro benzene ring substituents is 1. The van der Waals surface area contributed by atoms with Gasteiger partial charge in [0.1, 0.15) is 10.6 Å². The van der Waals surface area contributed by atoms with Gasteiger partial charge in [0.15, 0.2) is 0 Å². The van der Waals surface area contributed by atoms with Crippen molar-refractivity contribution in [3.8, 4) is 5.75 Å². The zero-order chi connectivity index (χ0) is 16.3. The minimum atomic E-state index is -4.64. The quantitative estimate of drug-likeness (QED) is 0.493. The van der Waals surface area contributed by atoms with E-state index in [1.54, 1.807) is 24.3 Å². The summed E-state index contributed by atoms with van der Waals surface area (Å²) in [5.41, 5.74) is -0.000412. The second-order valence-corrected chi connectivity index (χ2v) is 5.63. The Kier molecular flexibility index (Phi) is 4.29. The van der Waals surface area contributed by atoms with Crippen molar-refractivity contribution in [2.75, 3.05) is 12.4 Å². The minimum absolute atomic E-state index is 0.00222. The summed E-state index contributed by atoms with van der Waals surface area (Å²) >= 11 is 0. The predicted molar refractivity (Wildman–Crippen MR) is 79.2 cm³/mol. The number of hydrogen-bond acceptors (Lipinski definition) is 6. The summed E-state index contributed by atoms with van der Waals surface area (Å²) in [5, 5.41) is 13.5. The zero-order valence-corrected chi connectivity index (χ0v) is 12.2. The first-order valence-corrected chi connectivity index (χ1v) is 7.43. The Balaban J connectivity index is 2.53. The fraction of sp³-hybridized carbons (Fsp3) is 0.0769. The predicted octanol–water partition coefficient (Wildman–Crippen LogP) is 2.59. The Morgan fingerprint density at radius 1 is 1.18 bits per heavy atom. The number of rotatable bonds is 5. The molecule has 2 N–H and O–H groups in total. The molecule has 0 heterocycles. The van der Waals surface area contributed by atoms with Crippen molar-refractivity contribution in [1.29, 1.82) is 0 Å². The van der Waals surface area contributed by atoms with Gasteiger partial charge in [-0.1, -0.05) is 12.1 Å². The van der Waals surface area contributed by atoms with Crippen LogP contribution in [0.3, 0.4) is 0 Å². The van der Waals surface area contributed by atoms with Crippen molar-refractivity contribution in [1.82, 2.24) is 0 Å². The number of hydrogen-bond donors (Lipinski definition) is 2.